The number of rotatable bonds is 3. The molecule has 4 nitrogen and oxygen atoms in total. The van der Waals surface area contributed by atoms with Crippen molar-refractivity contribution < 1.29 is 9.53 Å². The van der Waals surface area contributed by atoms with Gasteiger partial charge in [-0.3, -0.25) is 0 Å². The third-order valence-corrected chi connectivity index (χ3v) is 3.31. The van der Waals surface area contributed by atoms with Gasteiger partial charge in [-0.15, -0.1) is 0 Å². The molecule has 0 atom stereocenters. The average Bonchev–Trinajstić information content (AvgIpc) is 2.90. The van der Waals surface area contributed by atoms with Gasteiger partial charge in [0.2, 0.25) is 0 Å². The largest absolute Gasteiger partial charge is 0.462 e. The van der Waals surface area contributed by atoms with Crippen LogP contribution >= 0.6 is 0 Å². The van der Waals surface area contributed by atoms with Crippen LogP contribution < -0.4 is 0 Å². The monoisotopic (exact) mass is 280 g/mol. The Hall–Kier alpha value is -2.62. The minimum absolute atomic E-state index is 0.297. The maximum atomic E-state index is 11.6. The Morgan fingerprint density at radius 2 is 2.00 bits per heavy atom. The second-order valence-electron chi connectivity index (χ2n) is 4.89. The van der Waals surface area contributed by atoms with E-state index in [-0.39, 0.29) is 5.97 Å². The molecule has 0 radical (unpaired) electrons. The number of imidazole rings is 1. The summed E-state index contributed by atoms with van der Waals surface area (Å²) in [5.41, 5.74) is 4.51. The Labute approximate surface area is 123 Å². The molecule has 2 heterocycles. The first-order valence-electron chi connectivity index (χ1n) is 6.90. The van der Waals surface area contributed by atoms with E-state index in [4.69, 9.17) is 4.74 Å². The third kappa shape index (κ3) is 2.65. The van der Waals surface area contributed by atoms with E-state index < -0.39 is 0 Å². The first kappa shape index (κ1) is 13.4. The Bertz CT molecular complexity index is 788. The first-order valence-corrected chi connectivity index (χ1v) is 6.90. The van der Waals surface area contributed by atoms with Crippen LogP contribution in [0.1, 0.15) is 22.8 Å². The van der Waals surface area contributed by atoms with Gasteiger partial charge in [0.25, 0.3) is 0 Å². The fraction of sp³-hybridized carbons (Fsp3) is 0.176. The number of pyridine rings is 1. The highest BCUT2D eigenvalue weighted by molar-refractivity contribution is 5.90. The summed E-state index contributed by atoms with van der Waals surface area (Å²) in [6.07, 6.45) is 3.97. The zero-order valence-electron chi connectivity index (χ0n) is 12.0. The maximum absolute atomic E-state index is 11.6. The molecule has 0 aliphatic rings. The summed E-state index contributed by atoms with van der Waals surface area (Å²) in [6, 6.07) is 11.4. The molecule has 4 heteroatoms. The number of benzene rings is 1. The van der Waals surface area contributed by atoms with E-state index in [1.165, 1.54) is 5.56 Å². The number of hydrogen-bond acceptors (Lipinski definition) is 3. The molecule has 0 fully saturated rings. The van der Waals surface area contributed by atoms with E-state index in [0.29, 0.717) is 12.2 Å². The van der Waals surface area contributed by atoms with Crippen LogP contribution in [-0.4, -0.2) is 22.0 Å². The summed E-state index contributed by atoms with van der Waals surface area (Å²) in [5, 5.41) is 0. The van der Waals surface area contributed by atoms with Crippen molar-refractivity contribution in [1.82, 2.24) is 9.38 Å². The number of carbonyl (C=O) groups excluding carboxylic acids is 1. The Balaban J connectivity index is 1.93. The van der Waals surface area contributed by atoms with Crippen LogP contribution in [0.2, 0.25) is 0 Å². The summed E-state index contributed by atoms with van der Waals surface area (Å²) >= 11 is 0. The molecular formula is C17H16N2O2. The zero-order valence-corrected chi connectivity index (χ0v) is 12.0. The maximum Gasteiger partial charge on any atom is 0.338 e. The molecule has 0 bridgehead atoms. The summed E-state index contributed by atoms with van der Waals surface area (Å²) in [6.45, 7) is 4.22. The highest BCUT2D eigenvalue weighted by Gasteiger charge is 2.08. The Kier molecular flexibility index (Phi) is 3.44. The minimum Gasteiger partial charge on any atom is -0.462 e. The third-order valence-electron chi connectivity index (χ3n) is 3.31. The topological polar surface area (TPSA) is 43.6 Å². The van der Waals surface area contributed by atoms with Gasteiger partial charge >= 0.3 is 5.97 Å². The van der Waals surface area contributed by atoms with Crippen LogP contribution in [0.5, 0.6) is 0 Å². The highest BCUT2D eigenvalue weighted by Crippen LogP contribution is 2.20. The van der Waals surface area contributed by atoms with Crippen LogP contribution in [0.4, 0.5) is 0 Å². The fourth-order valence-corrected chi connectivity index (χ4v) is 2.21. The lowest BCUT2D eigenvalue weighted by molar-refractivity contribution is 0.0526. The van der Waals surface area contributed by atoms with Crippen molar-refractivity contribution in [2.45, 2.75) is 13.8 Å². The van der Waals surface area contributed by atoms with E-state index >= 15 is 0 Å². The number of ether oxygens (including phenoxy) is 1. The van der Waals surface area contributed by atoms with Crippen molar-refractivity contribution in [2.24, 2.45) is 0 Å². The van der Waals surface area contributed by atoms with Gasteiger partial charge < -0.3 is 9.14 Å². The van der Waals surface area contributed by atoms with E-state index in [1.54, 1.807) is 19.1 Å². The lowest BCUT2D eigenvalue weighted by Gasteiger charge is -2.02. The Morgan fingerprint density at radius 3 is 2.71 bits per heavy atom. The number of esters is 1. The SMILES string of the molecule is CCOC(=O)c1ccc(-c2cn3ccc(C)cc3n2)cc1. The predicted octanol–water partition coefficient (Wildman–Crippen LogP) is 3.49. The van der Waals surface area contributed by atoms with Gasteiger partial charge in [0, 0.05) is 18.0 Å². The summed E-state index contributed by atoms with van der Waals surface area (Å²) in [4.78, 5) is 16.2. The molecule has 0 N–H and O–H groups in total. The van der Waals surface area contributed by atoms with Gasteiger partial charge in [0.1, 0.15) is 5.65 Å². The number of aromatic nitrogens is 2. The van der Waals surface area contributed by atoms with Gasteiger partial charge in [-0.1, -0.05) is 12.1 Å². The molecule has 21 heavy (non-hydrogen) atoms. The van der Waals surface area contributed by atoms with Gasteiger partial charge in [-0.2, -0.15) is 0 Å². The lowest BCUT2D eigenvalue weighted by atomic mass is 10.1. The number of aryl methyl sites for hydroxylation is 1. The molecule has 0 spiro atoms. The van der Waals surface area contributed by atoms with Crippen molar-refractivity contribution in [3.05, 3.63) is 59.9 Å². The van der Waals surface area contributed by atoms with E-state index in [1.807, 2.05) is 48.0 Å². The highest BCUT2D eigenvalue weighted by atomic mass is 16.5. The van der Waals surface area contributed by atoms with Gasteiger partial charge in [-0.05, 0) is 43.7 Å². The predicted molar refractivity (Wildman–Crippen MR) is 81.3 cm³/mol. The number of carbonyl (C=O) groups is 1. The molecule has 106 valence electrons. The average molecular weight is 280 g/mol. The smallest absolute Gasteiger partial charge is 0.338 e. The van der Waals surface area contributed by atoms with Crippen molar-refractivity contribution in [3.8, 4) is 11.3 Å². The number of hydrogen-bond donors (Lipinski definition) is 0. The molecule has 0 saturated heterocycles. The summed E-state index contributed by atoms with van der Waals surface area (Å²) in [5.74, 6) is -0.297. The molecule has 0 aliphatic heterocycles. The molecule has 0 aliphatic carbocycles. The summed E-state index contributed by atoms with van der Waals surface area (Å²) in [7, 11) is 0. The molecular weight excluding hydrogens is 264 g/mol. The van der Waals surface area contributed by atoms with Gasteiger partial charge in [0.15, 0.2) is 0 Å². The number of nitrogens with zero attached hydrogens (tertiary/aromatic N) is 2. The van der Waals surface area contributed by atoms with Gasteiger partial charge in [0.05, 0.1) is 17.9 Å². The molecule has 3 rings (SSSR count). The molecule has 0 amide bonds. The fourth-order valence-electron chi connectivity index (χ4n) is 2.21. The van der Waals surface area contributed by atoms with Crippen LogP contribution in [0.3, 0.4) is 0 Å². The van der Waals surface area contributed by atoms with Crippen molar-refractivity contribution in [1.29, 1.82) is 0 Å². The molecule has 0 saturated carbocycles. The molecule has 3 aromatic rings. The minimum atomic E-state index is -0.297. The summed E-state index contributed by atoms with van der Waals surface area (Å²) < 4.78 is 6.96. The van der Waals surface area contributed by atoms with Crippen molar-refractivity contribution in [3.63, 3.8) is 0 Å². The zero-order chi connectivity index (χ0) is 14.8. The van der Waals surface area contributed by atoms with E-state index in [2.05, 4.69) is 4.98 Å². The van der Waals surface area contributed by atoms with Crippen LogP contribution in [0, 0.1) is 6.92 Å². The molecule has 2 aromatic heterocycles. The first-order chi connectivity index (χ1) is 10.2. The number of fused-ring (bicyclic) bond motifs is 1. The van der Waals surface area contributed by atoms with E-state index in [9.17, 15) is 4.79 Å². The standard InChI is InChI=1S/C17H16N2O2/c1-3-21-17(20)14-6-4-13(5-7-14)15-11-19-9-8-12(2)10-16(19)18-15/h4-11H,3H2,1-2H3. The van der Waals surface area contributed by atoms with Crippen molar-refractivity contribution >= 4 is 11.6 Å². The Morgan fingerprint density at radius 1 is 1.24 bits per heavy atom. The van der Waals surface area contributed by atoms with Crippen molar-refractivity contribution in [2.75, 3.05) is 6.61 Å². The second kappa shape index (κ2) is 5.40. The van der Waals surface area contributed by atoms with Gasteiger partial charge in [-0.25, -0.2) is 9.78 Å². The quantitative estimate of drug-likeness (QED) is 0.690. The lowest BCUT2D eigenvalue weighted by Crippen LogP contribution is -2.03. The normalized spacial score (nSPS) is 10.8. The van der Waals surface area contributed by atoms with Crippen LogP contribution in [0.25, 0.3) is 16.9 Å². The molecule has 0 unspecified atom stereocenters. The molecule has 1 aromatic carbocycles. The second-order valence-corrected chi connectivity index (χ2v) is 4.89. The van der Waals surface area contributed by atoms with Crippen LogP contribution in [0.15, 0.2) is 48.8 Å². The van der Waals surface area contributed by atoms with Crippen LogP contribution in [-0.2, 0) is 4.74 Å². The van der Waals surface area contributed by atoms with E-state index in [0.717, 1.165) is 16.9 Å².